The molecule has 1 fully saturated rings. The van der Waals surface area contributed by atoms with Gasteiger partial charge in [0.05, 0.1) is 0 Å². The van der Waals surface area contributed by atoms with E-state index >= 15 is 0 Å². The van der Waals surface area contributed by atoms with E-state index in [0.29, 0.717) is 5.78 Å². The van der Waals surface area contributed by atoms with Crippen molar-refractivity contribution >= 4 is 5.78 Å². The molecule has 0 aromatic heterocycles. The van der Waals surface area contributed by atoms with Crippen LogP contribution in [-0.4, -0.2) is 5.78 Å². The van der Waals surface area contributed by atoms with Gasteiger partial charge in [-0.3, -0.25) is 4.79 Å². The van der Waals surface area contributed by atoms with E-state index in [9.17, 15) is 4.79 Å². The molecule has 112 valence electrons. The second kappa shape index (κ2) is 5.97. The van der Waals surface area contributed by atoms with Crippen LogP contribution >= 0.6 is 0 Å². The van der Waals surface area contributed by atoms with Crippen LogP contribution in [0, 0.1) is 28.6 Å². The Hall–Kier alpha value is -0.330. The van der Waals surface area contributed by atoms with Gasteiger partial charge in [0.25, 0.3) is 0 Å². The molecule has 1 aliphatic rings. The fourth-order valence-corrected chi connectivity index (χ4v) is 3.39. The van der Waals surface area contributed by atoms with Crippen molar-refractivity contribution in [3.05, 3.63) is 0 Å². The van der Waals surface area contributed by atoms with Crippen molar-refractivity contribution < 1.29 is 4.79 Å². The molecule has 0 aromatic carbocycles. The summed E-state index contributed by atoms with van der Waals surface area (Å²) >= 11 is 0. The van der Waals surface area contributed by atoms with Crippen molar-refractivity contribution in [3.63, 3.8) is 0 Å². The molecule has 1 saturated carbocycles. The minimum atomic E-state index is -0.188. The predicted octanol–water partition coefficient (Wildman–Crippen LogP) is 5.48. The van der Waals surface area contributed by atoms with Crippen LogP contribution in [0.15, 0.2) is 0 Å². The molecular weight excluding hydrogens is 232 g/mol. The van der Waals surface area contributed by atoms with E-state index in [1.54, 1.807) is 0 Å². The smallest absolute Gasteiger partial charge is 0.138 e. The molecule has 1 aliphatic carbocycles. The van der Waals surface area contributed by atoms with Gasteiger partial charge in [0, 0.05) is 11.8 Å². The molecule has 0 atom stereocenters. The summed E-state index contributed by atoms with van der Waals surface area (Å²) in [6.45, 7) is 15.4. The van der Waals surface area contributed by atoms with Gasteiger partial charge < -0.3 is 0 Å². The summed E-state index contributed by atoms with van der Waals surface area (Å²) in [4.78, 5) is 12.3. The van der Waals surface area contributed by atoms with Crippen molar-refractivity contribution in [3.8, 4) is 0 Å². The standard InChI is InChI=1S/C18H34O/c1-13(2)14-8-10-15(11-9-14)18(6,7)12-16(19)17(3,4)5/h13-15H,8-12H2,1-7H3. The average Bonchev–Trinajstić information content (AvgIpc) is 2.27. The van der Waals surface area contributed by atoms with E-state index in [0.717, 1.165) is 24.2 Å². The first-order valence-corrected chi connectivity index (χ1v) is 8.07. The maximum atomic E-state index is 12.3. The summed E-state index contributed by atoms with van der Waals surface area (Å²) in [5, 5.41) is 0. The van der Waals surface area contributed by atoms with Gasteiger partial charge in [0.1, 0.15) is 5.78 Å². The summed E-state index contributed by atoms with van der Waals surface area (Å²) in [6.07, 6.45) is 6.08. The van der Waals surface area contributed by atoms with Gasteiger partial charge in [-0.25, -0.2) is 0 Å². The quantitative estimate of drug-likeness (QED) is 0.658. The Kier molecular flexibility index (Phi) is 5.26. The first kappa shape index (κ1) is 16.7. The number of hydrogen-bond acceptors (Lipinski definition) is 1. The summed E-state index contributed by atoms with van der Waals surface area (Å²) in [6, 6.07) is 0. The SMILES string of the molecule is CC(C)C1CCC(C(C)(C)CC(=O)C(C)(C)C)CC1. The lowest BCUT2D eigenvalue weighted by molar-refractivity contribution is -0.129. The fraction of sp³-hybridized carbons (Fsp3) is 0.944. The fourth-order valence-electron chi connectivity index (χ4n) is 3.39. The van der Waals surface area contributed by atoms with Crippen LogP contribution in [-0.2, 0) is 4.79 Å². The molecule has 0 unspecified atom stereocenters. The second-order valence-corrected chi connectivity index (χ2v) is 8.69. The molecule has 1 heteroatoms. The molecule has 1 nitrogen and oxygen atoms in total. The van der Waals surface area contributed by atoms with E-state index in [-0.39, 0.29) is 10.8 Å². The average molecular weight is 266 g/mol. The Morgan fingerprint density at radius 2 is 1.47 bits per heavy atom. The first-order valence-electron chi connectivity index (χ1n) is 8.07. The van der Waals surface area contributed by atoms with E-state index in [1.165, 1.54) is 25.7 Å². The molecule has 0 spiro atoms. The summed E-state index contributed by atoms with van der Waals surface area (Å²) in [7, 11) is 0. The van der Waals surface area contributed by atoms with Crippen LogP contribution in [0.25, 0.3) is 0 Å². The van der Waals surface area contributed by atoms with Gasteiger partial charge >= 0.3 is 0 Å². The van der Waals surface area contributed by atoms with Crippen molar-refractivity contribution in [2.24, 2.45) is 28.6 Å². The summed E-state index contributed by atoms with van der Waals surface area (Å²) in [5.74, 6) is 2.88. The number of ketones is 1. The first-order chi connectivity index (χ1) is 8.54. The Morgan fingerprint density at radius 1 is 1.00 bits per heavy atom. The highest BCUT2D eigenvalue weighted by molar-refractivity contribution is 5.84. The molecular formula is C18H34O. The molecule has 0 amide bonds. The minimum Gasteiger partial charge on any atom is -0.299 e. The van der Waals surface area contributed by atoms with E-state index in [1.807, 2.05) is 20.8 Å². The third kappa shape index (κ3) is 4.61. The zero-order valence-corrected chi connectivity index (χ0v) is 14.2. The Morgan fingerprint density at radius 3 is 1.84 bits per heavy atom. The molecule has 0 N–H and O–H groups in total. The third-order valence-corrected chi connectivity index (χ3v) is 5.27. The van der Waals surface area contributed by atoms with Gasteiger partial charge in [-0.1, -0.05) is 48.5 Å². The van der Waals surface area contributed by atoms with E-state index in [2.05, 4.69) is 27.7 Å². The molecule has 0 bridgehead atoms. The van der Waals surface area contributed by atoms with Gasteiger partial charge in [-0.2, -0.15) is 0 Å². The van der Waals surface area contributed by atoms with Crippen LogP contribution in [0.5, 0.6) is 0 Å². The minimum absolute atomic E-state index is 0.173. The molecule has 0 aliphatic heterocycles. The number of carbonyl (C=O) groups excluding carboxylic acids is 1. The van der Waals surface area contributed by atoms with Crippen LogP contribution in [0.3, 0.4) is 0 Å². The number of carbonyl (C=O) groups is 1. The number of Topliss-reactive ketones (excluding diaryl/α,β-unsaturated/α-hetero) is 1. The maximum absolute atomic E-state index is 12.3. The predicted molar refractivity (Wildman–Crippen MR) is 83.1 cm³/mol. The number of rotatable bonds is 4. The van der Waals surface area contributed by atoms with E-state index in [4.69, 9.17) is 0 Å². The monoisotopic (exact) mass is 266 g/mol. The normalized spacial score (nSPS) is 25.7. The lowest BCUT2D eigenvalue weighted by Crippen LogP contribution is -2.34. The van der Waals surface area contributed by atoms with Crippen LogP contribution < -0.4 is 0 Å². The zero-order valence-electron chi connectivity index (χ0n) is 14.2. The Balaban J connectivity index is 2.58. The number of hydrogen-bond donors (Lipinski definition) is 0. The van der Waals surface area contributed by atoms with Crippen molar-refractivity contribution in [2.45, 2.75) is 80.6 Å². The largest absolute Gasteiger partial charge is 0.299 e. The lowest BCUT2D eigenvalue weighted by atomic mass is 9.64. The van der Waals surface area contributed by atoms with Gasteiger partial charge in [-0.05, 0) is 48.9 Å². The Bertz CT molecular complexity index is 298. The van der Waals surface area contributed by atoms with Crippen LogP contribution in [0.1, 0.15) is 80.6 Å². The molecule has 0 heterocycles. The molecule has 0 saturated heterocycles. The third-order valence-electron chi connectivity index (χ3n) is 5.27. The van der Waals surface area contributed by atoms with Crippen LogP contribution in [0.2, 0.25) is 0 Å². The Labute approximate surface area is 120 Å². The molecule has 19 heavy (non-hydrogen) atoms. The van der Waals surface area contributed by atoms with Gasteiger partial charge in [-0.15, -0.1) is 0 Å². The molecule has 1 rings (SSSR count). The lowest BCUT2D eigenvalue weighted by Gasteiger charge is -2.41. The summed E-state index contributed by atoms with van der Waals surface area (Å²) < 4.78 is 0. The van der Waals surface area contributed by atoms with E-state index < -0.39 is 0 Å². The summed E-state index contributed by atoms with van der Waals surface area (Å²) in [5.41, 5.74) is -0.0152. The highest BCUT2D eigenvalue weighted by atomic mass is 16.1. The van der Waals surface area contributed by atoms with Gasteiger partial charge in [0.2, 0.25) is 0 Å². The maximum Gasteiger partial charge on any atom is 0.138 e. The topological polar surface area (TPSA) is 17.1 Å². The zero-order chi connectivity index (χ0) is 14.8. The highest BCUT2D eigenvalue weighted by Gasteiger charge is 2.37. The van der Waals surface area contributed by atoms with Gasteiger partial charge in [0.15, 0.2) is 0 Å². The molecule has 0 aromatic rings. The van der Waals surface area contributed by atoms with Crippen LogP contribution in [0.4, 0.5) is 0 Å². The second-order valence-electron chi connectivity index (χ2n) is 8.69. The highest BCUT2D eigenvalue weighted by Crippen LogP contribution is 2.44. The molecule has 0 radical (unpaired) electrons. The van der Waals surface area contributed by atoms with Crippen molar-refractivity contribution in [1.29, 1.82) is 0 Å². The van der Waals surface area contributed by atoms with Crippen molar-refractivity contribution in [1.82, 2.24) is 0 Å². The van der Waals surface area contributed by atoms with Crippen molar-refractivity contribution in [2.75, 3.05) is 0 Å².